The van der Waals surface area contributed by atoms with Crippen LogP contribution in [0.15, 0.2) is 0 Å². The van der Waals surface area contributed by atoms with Crippen molar-refractivity contribution in [3.63, 3.8) is 0 Å². The molecule has 1 atom stereocenters. The minimum absolute atomic E-state index is 0.614. The van der Waals surface area contributed by atoms with Gasteiger partial charge in [-0.3, -0.25) is 0 Å². The molecule has 0 radical (unpaired) electrons. The summed E-state index contributed by atoms with van der Waals surface area (Å²) in [5.41, 5.74) is 0. The van der Waals surface area contributed by atoms with Crippen LogP contribution in [-0.2, 0) is 0 Å². The van der Waals surface area contributed by atoms with Crippen LogP contribution in [0.25, 0.3) is 0 Å². The molecule has 0 spiro atoms. The number of thioether (sulfide) groups is 1. The summed E-state index contributed by atoms with van der Waals surface area (Å²) in [6.07, 6.45) is 4.70. The molecule has 0 amide bonds. The van der Waals surface area contributed by atoms with Gasteiger partial charge in [-0.05, 0) is 39.2 Å². The fourth-order valence-electron chi connectivity index (χ4n) is 1.65. The average Bonchev–Trinajstić information content (AvgIpc) is 2.20. The highest BCUT2D eigenvalue weighted by atomic mass is 32.2. The van der Waals surface area contributed by atoms with Gasteiger partial charge in [-0.2, -0.15) is 11.8 Å². The summed E-state index contributed by atoms with van der Waals surface area (Å²) in [6.45, 7) is 9.03. The minimum Gasteiger partial charge on any atom is -0.314 e. The van der Waals surface area contributed by atoms with Gasteiger partial charge in [0, 0.05) is 17.8 Å². The van der Waals surface area contributed by atoms with Crippen LogP contribution in [0.4, 0.5) is 0 Å². The van der Waals surface area contributed by atoms with Crippen molar-refractivity contribution in [1.82, 2.24) is 10.2 Å². The predicted molar refractivity (Wildman–Crippen MR) is 72.8 cm³/mol. The molecule has 0 saturated carbocycles. The van der Waals surface area contributed by atoms with Crippen molar-refractivity contribution >= 4 is 11.8 Å². The topological polar surface area (TPSA) is 15.3 Å². The molecule has 1 unspecified atom stereocenters. The Balaban J connectivity index is 3.56. The van der Waals surface area contributed by atoms with E-state index < -0.39 is 0 Å². The maximum atomic E-state index is 3.46. The second-order valence-corrected chi connectivity index (χ2v) is 5.37. The Kier molecular flexibility index (Phi) is 9.66. The van der Waals surface area contributed by atoms with E-state index in [9.17, 15) is 0 Å². The Morgan fingerprint density at radius 1 is 1.33 bits per heavy atom. The first-order valence-corrected chi connectivity index (χ1v) is 7.43. The molecule has 15 heavy (non-hydrogen) atoms. The lowest BCUT2D eigenvalue weighted by atomic mass is 10.2. The standard InChI is InChI=1S/C12H28N2S/c1-6-12(10-15-5)14(4)9-7-8-13-11(2)3/h11-13H,6-10H2,1-5H3. The first-order valence-electron chi connectivity index (χ1n) is 6.04. The molecule has 0 aromatic heterocycles. The molecule has 0 aliphatic rings. The van der Waals surface area contributed by atoms with E-state index in [0.717, 1.165) is 12.6 Å². The molecule has 0 rings (SSSR count). The molecule has 1 N–H and O–H groups in total. The van der Waals surface area contributed by atoms with Crippen molar-refractivity contribution in [2.45, 2.75) is 45.7 Å². The van der Waals surface area contributed by atoms with Crippen LogP contribution in [0, 0.1) is 0 Å². The lowest BCUT2D eigenvalue weighted by Gasteiger charge is -2.26. The van der Waals surface area contributed by atoms with Gasteiger partial charge in [0.2, 0.25) is 0 Å². The predicted octanol–water partition coefficient (Wildman–Crippen LogP) is 2.45. The Labute approximate surface area is 100 Å². The van der Waals surface area contributed by atoms with Gasteiger partial charge < -0.3 is 10.2 Å². The van der Waals surface area contributed by atoms with Crippen molar-refractivity contribution < 1.29 is 0 Å². The SMILES string of the molecule is CCC(CSC)N(C)CCCNC(C)C. The lowest BCUT2D eigenvalue weighted by molar-refractivity contribution is 0.251. The molecule has 3 heteroatoms. The summed E-state index contributed by atoms with van der Waals surface area (Å²) in [5.74, 6) is 1.25. The third-order valence-electron chi connectivity index (χ3n) is 2.69. The largest absolute Gasteiger partial charge is 0.314 e. The first-order chi connectivity index (χ1) is 7.11. The van der Waals surface area contributed by atoms with Crippen LogP contribution < -0.4 is 5.32 Å². The van der Waals surface area contributed by atoms with E-state index in [1.165, 1.54) is 25.1 Å². The van der Waals surface area contributed by atoms with E-state index in [-0.39, 0.29) is 0 Å². The van der Waals surface area contributed by atoms with Gasteiger partial charge in [0.1, 0.15) is 0 Å². The van der Waals surface area contributed by atoms with E-state index in [2.05, 4.69) is 44.3 Å². The molecule has 0 aromatic carbocycles. The highest BCUT2D eigenvalue weighted by molar-refractivity contribution is 7.98. The summed E-state index contributed by atoms with van der Waals surface area (Å²) in [7, 11) is 2.25. The zero-order valence-electron chi connectivity index (χ0n) is 11.0. The van der Waals surface area contributed by atoms with Gasteiger partial charge in [0.15, 0.2) is 0 Å². The van der Waals surface area contributed by atoms with Crippen LogP contribution in [-0.4, -0.2) is 49.1 Å². The highest BCUT2D eigenvalue weighted by Crippen LogP contribution is 2.08. The van der Waals surface area contributed by atoms with E-state index in [1.807, 2.05) is 11.8 Å². The first kappa shape index (κ1) is 15.3. The summed E-state index contributed by atoms with van der Waals surface area (Å²) in [4.78, 5) is 2.50. The van der Waals surface area contributed by atoms with Gasteiger partial charge in [0.05, 0.1) is 0 Å². The number of hydrogen-bond donors (Lipinski definition) is 1. The van der Waals surface area contributed by atoms with Crippen molar-refractivity contribution in [2.75, 3.05) is 32.1 Å². The third-order valence-corrected chi connectivity index (χ3v) is 3.41. The van der Waals surface area contributed by atoms with E-state index in [1.54, 1.807) is 0 Å². The molecular weight excluding hydrogens is 204 g/mol. The summed E-state index contributed by atoms with van der Waals surface area (Å²) >= 11 is 1.95. The van der Waals surface area contributed by atoms with Crippen LogP contribution in [0.3, 0.4) is 0 Å². The monoisotopic (exact) mass is 232 g/mol. The third kappa shape index (κ3) is 8.12. The normalized spacial score (nSPS) is 13.8. The number of rotatable bonds is 9. The molecule has 0 aromatic rings. The van der Waals surface area contributed by atoms with Crippen molar-refractivity contribution in [1.29, 1.82) is 0 Å². The van der Waals surface area contributed by atoms with Crippen LogP contribution >= 0.6 is 11.8 Å². The van der Waals surface area contributed by atoms with Crippen LogP contribution in [0.2, 0.25) is 0 Å². The maximum Gasteiger partial charge on any atom is 0.0180 e. The van der Waals surface area contributed by atoms with E-state index >= 15 is 0 Å². The maximum absolute atomic E-state index is 3.46. The van der Waals surface area contributed by atoms with E-state index in [0.29, 0.717) is 6.04 Å². The number of nitrogens with zero attached hydrogens (tertiary/aromatic N) is 1. The summed E-state index contributed by atoms with van der Waals surface area (Å²) in [5, 5.41) is 3.46. The van der Waals surface area contributed by atoms with Gasteiger partial charge in [0.25, 0.3) is 0 Å². The molecule has 0 saturated heterocycles. The Morgan fingerprint density at radius 3 is 2.47 bits per heavy atom. The fraction of sp³-hybridized carbons (Fsp3) is 1.00. The average molecular weight is 232 g/mol. The number of nitrogens with one attached hydrogen (secondary N) is 1. The Bertz CT molecular complexity index is 140. The summed E-state index contributed by atoms with van der Waals surface area (Å²) < 4.78 is 0. The smallest absolute Gasteiger partial charge is 0.0180 e. The zero-order valence-corrected chi connectivity index (χ0v) is 11.9. The highest BCUT2D eigenvalue weighted by Gasteiger charge is 2.10. The minimum atomic E-state index is 0.614. The van der Waals surface area contributed by atoms with Gasteiger partial charge in [-0.25, -0.2) is 0 Å². The second kappa shape index (κ2) is 9.49. The number of hydrogen-bond acceptors (Lipinski definition) is 3. The molecule has 0 fully saturated rings. The van der Waals surface area contributed by atoms with Crippen LogP contribution in [0.1, 0.15) is 33.6 Å². The molecule has 0 aliphatic heterocycles. The quantitative estimate of drug-likeness (QED) is 0.615. The fourth-order valence-corrected chi connectivity index (χ4v) is 2.53. The van der Waals surface area contributed by atoms with Crippen LogP contribution in [0.5, 0.6) is 0 Å². The van der Waals surface area contributed by atoms with Gasteiger partial charge in [-0.1, -0.05) is 20.8 Å². The molecule has 0 heterocycles. The van der Waals surface area contributed by atoms with Gasteiger partial charge >= 0.3 is 0 Å². The molecule has 92 valence electrons. The van der Waals surface area contributed by atoms with Crippen molar-refractivity contribution in [2.24, 2.45) is 0 Å². The molecule has 0 aliphatic carbocycles. The lowest BCUT2D eigenvalue weighted by Crippen LogP contribution is -2.35. The Hall–Kier alpha value is 0.270. The van der Waals surface area contributed by atoms with Gasteiger partial charge in [-0.15, -0.1) is 0 Å². The van der Waals surface area contributed by atoms with Crippen molar-refractivity contribution in [3.8, 4) is 0 Å². The Morgan fingerprint density at radius 2 is 2.00 bits per heavy atom. The van der Waals surface area contributed by atoms with Crippen molar-refractivity contribution in [3.05, 3.63) is 0 Å². The molecule has 0 bridgehead atoms. The summed E-state index contributed by atoms with van der Waals surface area (Å²) in [6, 6.07) is 1.36. The molecular formula is C12H28N2S. The van der Waals surface area contributed by atoms with E-state index in [4.69, 9.17) is 0 Å². The second-order valence-electron chi connectivity index (χ2n) is 4.46. The zero-order chi connectivity index (χ0) is 11.7. The molecule has 2 nitrogen and oxygen atoms in total.